The Hall–Kier alpha value is -0.970. The van der Waals surface area contributed by atoms with Crippen molar-refractivity contribution in [3.8, 4) is 0 Å². The van der Waals surface area contributed by atoms with Crippen molar-refractivity contribution < 1.29 is 0 Å². The van der Waals surface area contributed by atoms with Crippen molar-refractivity contribution in [2.24, 2.45) is 11.8 Å². The fourth-order valence-corrected chi connectivity index (χ4v) is 1.40. The van der Waals surface area contributed by atoms with Crippen LogP contribution in [0.2, 0.25) is 0 Å². The zero-order valence-electron chi connectivity index (χ0n) is 10.9. The standard InChI is InChI=1S/C11H23N5/c1-8(2)6-12-7-11-13-14-15-16(11)10(5)9(3)4/h8-10,12H,6-7H2,1-5H3. The topological polar surface area (TPSA) is 55.6 Å². The maximum Gasteiger partial charge on any atom is 0.165 e. The van der Waals surface area contributed by atoms with Crippen molar-refractivity contribution in [3.05, 3.63) is 5.82 Å². The van der Waals surface area contributed by atoms with E-state index in [0.717, 1.165) is 18.9 Å². The van der Waals surface area contributed by atoms with Crippen molar-refractivity contribution in [1.82, 2.24) is 25.5 Å². The summed E-state index contributed by atoms with van der Waals surface area (Å²) in [5.41, 5.74) is 0. The van der Waals surface area contributed by atoms with E-state index in [1.54, 1.807) is 0 Å². The molecule has 1 atom stereocenters. The monoisotopic (exact) mass is 225 g/mol. The Balaban J connectivity index is 2.57. The predicted octanol–water partition coefficient (Wildman–Crippen LogP) is 1.64. The molecule has 5 nitrogen and oxygen atoms in total. The minimum Gasteiger partial charge on any atom is -0.310 e. The lowest BCUT2D eigenvalue weighted by Gasteiger charge is -2.17. The van der Waals surface area contributed by atoms with Gasteiger partial charge < -0.3 is 5.32 Å². The molecule has 1 rings (SSSR count). The van der Waals surface area contributed by atoms with Gasteiger partial charge in [0, 0.05) is 0 Å². The largest absolute Gasteiger partial charge is 0.310 e. The Morgan fingerprint density at radius 2 is 1.88 bits per heavy atom. The van der Waals surface area contributed by atoms with Crippen LogP contribution in [-0.2, 0) is 6.54 Å². The van der Waals surface area contributed by atoms with E-state index >= 15 is 0 Å². The molecule has 0 bridgehead atoms. The van der Waals surface area contributed by atoms with Gasteiger partial charge in [0.1, 0.15) is 0 Å². The van der Waals surface area contributed by atoms with Crippen LogP contribution >= 0.6 is 0 Å². The molecule has 16 heavy (non-hydrogen) atoms. The van der Waals surface area contributed by atoms with Crippen molar-refractivity contribution in [2.45, 2.75) is 47.2 Å². The van der Waals surface area contributed by atoms with Crippen LogP contribution in [0.1, 0.15) is 46.5 Å². The summed E-state index contributed by atoms with van der Waals surface area (Å²) in [5.74, 6) is 2.10. The van der Waals surface area contributed by atoms with Crippen molar-refractivity contribution in [2.75, 3.05) is 6.54 Å². The van der Waals surface area contributed by atoms with E-state index < -0.39 is 0 Å². The molecule has 0 spiro atoms. The van der Waals surface area contributed by atoms with Crippen molar-refractivity contribution in [3.63, 3.8) is 0 Å². The summed E-state index contributed by atoms with van der Waals surface area (Å²) in [7, 11) is 0. The third-order valence-electron chi connectivity index (χ3n) is 2.75. The maximum absolute atomic E-state index is 4.06. The first-order valence-electron chi connectivity index (χ1n) is 5.99. The molecule has 0 saturated carbocycles. The van der Waals surface area contributed by atoms with Gasteiger partial charge >= 0.3 is 0 Å². The van der Waals surface area contributed by atoms with E-state index in [2.05, 4.69) is 55.5 Å². The number of hydrogen-bond acceptors (Lipinski definition) is 4. The van der Waals surface area contributed by atoms with Crippen LogP contribution in [0.15, 0.2) is 0 Å². The highest BCUT2D eigenvalue weighted by atomic mass is 15.6. The van der Waals surface area contributed by atoms with Gasteiger partial charge in [0.05, 0.1) is 12.6 Å². The van der Waals surface area contributed by atoms with Crippen molar-refractivity contribution >= 4 is 0 Å². The molecule has 5 heteroatoms. The molecule has 0 aliphatic heterocycles. The van der Waals surface area contributed by atoms with Crippen LogP contribution in [0.5, 0.6) is 0 Å². The highest BCUT2D eigenvalue weighted by Gasteiger charge is 2.15. The molecule has 92 valence electrons. The van der Waals surface area contributed by atoms with Gasteiger partial charge in [-0.05, 0) is 35.7 Å². The molecule has 0 fully saturated rings. The Morgan fingerprint density at radius 3 is 2.44 bits per heavy atom. The van der Waals surface area contributed by atoms with E-state index in [9.17, 15) is 0 Å². The van der Waals surface area contributed by atoms with Crippen LogP contribution in [0.4, 0.5) is 0 Å². The zero-order chi connectivity index (χ0) is 12.1. The molecular formula is C11H23N5. The minimum atomic E-state index is 0.339. The summed E-state index contributed by atoms with van der Waals surface area (Å²) in [6.45, 7) is 12.6. The third kappa shape index (κ3) is 3.56. The number of tetrazole rings is 1. The van der Waals surface area contributed by atoms with Crippen LogP contribution in [0.3, 0.4) is 0 Å². The summed E-state index contributed by atoms with van der Waals surface area (Å²) in [4.78, 5) is 0. The Bertz CT molecular complexity index is 305. The SMILES string of the molecule is CC(C)CNCc1nnnn1C(C)C(C)C. The van der Waals surface area contributed by atoms with Gasteiger partial charge in [-0.2, -0.15) is 0 Å². The second-order valence-corrected chi connectivity index (χ2v) is 5.05. The Morgan fingerprint density at radius 1 is 1.19 bits per heavy atom. The highest BCUT2D eigenvalue weighted by Crippen LogP contribution is 2.15. The molecular weight excluding hydrogens is 202 g/mol. The number of rotatable bonds is 6. The highest BCUT2D eigenvalue weighted by molar-refractivity contribution is 4.83. The van der Waals surface area contributed by atoms with Gasteiger partial charge in [-0.1, -0.05) is 27.7 Å². The summed E-state index contributed by atoms with van der Waals surface area (Å²) >= 11 is 0. The lowest BCUT2D eigenvalue weighted by atomic mass is 10.1. The molecule has 0 radical (unpaired) electrons. The number of nitrogens with zero attached hydrogens (tertiary/aromatic N) is 4. The second kappa shape index (κ2) is 5.94. The molecule has 1 unspecified atom stereocenters. The molecule has 1 heterocycles. The molecule has 1 aromatic rings. The van der Waals surface area contributed by atoms with E-state index in [4.69, 9.17) is 0 Å². The van der Waals surface area contributed by atoms with Gasteiger partial charge in [-0.25, -0.2) is 4.68 Å². The van der Waals surface area contributed by atoms with E-state index in [1.807, 2.05) is 4.68 Å². The lowest BCUT2D eigenvalue weighted by molar-refractivity contribution is 0.353. The molecule has 1 N–H and O–H groups in total. The predicted molar refractivity (Wildman–Crippen MR) is 63.9 cm³/mol. The second-order valence-electron chi connectivity index (χ2n) is 5.05. The van der Waals surface area contributed by atoms with Crippen LogP contribution in [0, 0.1) is 11.8 Å². The average molecular weight is 225 g/mol. The van der Waals surface area contributed by atoms with Gasteiger partial charge in [0.15, 0.2) is 5.82 Å². The van der Waals surface area contributed by atoms with E-state index in [1.165, 1.54) is 0 Å². The van der Waals surface area contributed by atoms with Crippen LogP contribution in [-0.4, -0.2) is 26.8 Å². The van der Waals surface area contributed by atoms with Gasteiger partial charge in [0.2, 0.25) is 0 Å². The summed E-state index contributed by atoms with van der Waals surface area (Å²) in [5, 5.41) is 15.2. The fourth-order valence-electron chi connectivity index (χ4n) is 1.40. The van der Waals surface area contributed by atoms with Gasteiger partial charge in [0.25, 0.3) is 0 Å². The summed E-state index contributed by atoms with van der Waals surface area (Å²) < 4.78 is 1.91. The van der Waals surface area contributed by atoms with E-state index in [-0.39, 0.29) is 0 Å². The molecule has 0 amide bonds. The molecule has 0 aromatic carbocycles. The zero-order valence-corrected chi connectivity index (χ0v) is 10.9. The first-order valence-corrected chi connectivity index (χ1v) is 5.99. The minimum absolute atomic E-state index is 0.339. The molecule has 1 aromatic heterocycles. The fraction of sp³-hybridized carbons (Fsp3) is 0.909. The maximum atomic E-state index is 4.06. The number of aromatic nitrogens is 4. The van der Waals surface area contributed by atoms with Gasteiger partial charge in [-0.3, -0.25) is 0 Å². The quantitative estimate of drug-likeness (QED) is 0.799. The van der Waals surface area contributed by atoms with Crippen molar-refractivity contribution in [1.29, 1.82) is 0 Å². The van der Waals surface area contributed by atoms with Gasteiger partial charge in [-0.15, -0.1) is 5.10 Å². The van der Waals surface area contributed by atoms with E-state index in [0.29, 0.717) is 17.9 Å². The van der Waals surface area contributed by atoms with Crippen LogP contribution in [0.25, 0.3) is 0 Å². The first kappa shape index (κ1) is 13.1. The molecule has 0 aliphatic rings. The normalized spacial score (nSPS) is 13.7. The average Bonchev–Trinajstić information content (AvgIpc) is 2.64. The number of nitrogens with one attached hydrogen (secondary N) is 1. The smallest absolute Gasteiger partial charge is 0.165 e. The lowest BCUT2D eigenvalue weighted by Crippen LogP contribution is -2.24. The Labute approximate surface area is 97.6 Å². The third-order valence-corrected chi connectivity index (χ3v) is 2.75. The molecule has 0 aliphatic carbocycles. The first-order chi connectivity index (χ1) is 7.52. The number of hydrogen-bond donors (Lipinski definition) is 1. The Kier molecular flexibility index (Phi) is 4.86. The summed E-state index contributed by atoms with van der Waals surface area (Å²) in [6, 6.07) is 0.339. The van der Waals surface area contributed by atoms with Crippen LogP contribution < -0.4 is 5.32 Å². The molecule has 0 saturated heterocycles. The summed E-state index contributed by atoms with van der Waals surface area (Å²) in [6.07, 6.45) is 0.